The zero-order chi connectivity index (χ0) is 22.5. The third-order valence-electron chi connectivity index (χ3n) is 5.46. The summed E-state index contributed by atoms with van der Waals surface area (Å²) in [5.74, 6) is -0.185. The molecule has 1 N–H and O–H groups in total. The van der Waals surface area contributed by atoms with Gasteiger partial charge in [0.2, 0.25) is 6.54 Å². The van der Waals surface area contributed by atoms with E-state index >= 15 is 0 Å². The van der Waals surface area contributed by atoms with Gasteiger partial charge in [-0.1, -0.05) is 72.8 Å². The highest BCUT2D eigenvalue weighted by molar-refractivity contribution is 6.07. The summed E-state index contributed by atoms with van der Waals surface area (Å²) in [6, 6.07) is 34.5. The van der Waals surface area contributed by atoms with Crippen LogP contribution in [0.15, 0.2) is 121 Å². The Morgan fingerprint density at radius 1 is 0.824 bits per heavy atom. The molecule has 0 unspecified atom stereocenters. The van der Waals surface area contributed by atoms with E-state index in [0.29, 0.717) is 0 Å². The normalized spacial score (nSPS) is 10.8. The number of aromatic nitrogens is 2. The van der Waals surface area contributed by atoms with Crippen molar-refractivity contribution in [3.05, 3.63) is 121 Å². The maximum atomic E-state index is 12.4. The Labute approximate surface area is 204 Å². The van der Waals surface area contributed by atoms with Crippen molar-refractivity contribution < 1.29 is 21.8 Å². The van der Waals surface area contributed by atoms with Gasteiger partial charge in [-0.05, 0) is 23.8 Å². The van der Waals surface area contributed by atoms with Crippen LogP contribution >= 0.6 is 0 Å². The highest BCUT2D eigenvalue weighted by Crippen LogP contribution is 2.35. The van der Waals surface area contributed by atoms with Gasteiger partial charge >= 0.3 is 5.91 Å². The van der Waals surface area contributed by atoms with E-state index < -0.39 is 0 Å². The van der Waals surface area contributed by atoms with Crippen LogP contribution in [0.4, 0.5) is 0 Å². The summed E-state index contributed by atoms with van der Waals surface area (Å²) in [7, 11) is 0. The van der Waals surface area contributed by atoms with Crippen molar-refractivity contribution in [1.82, 2.24) is 9.99 Å². The summed E-state index contributed by atoms with van der Waals surface area (Å²) < 4.78 is 4.05. The Morgan fingerprint density at radius 3 is 2.18 bits per heavy atom. The first-order valence-corrected chi connectivity index (χ1v) is 10.8. The van der Waals surface area contributed by atoms with E-state index in [1.165, 1.54) is 0 Å². The van der Waals surface area contributed by atoms with E-state index in [1.54, 1.807) is 6.21 Å². The van der Waals surface area contributed by atoms with Crippen LogP contribution in [-0.4, -0.2) is 16.7 Å². The van der Waals surface area contributed by atoms with Crippen LogP contribution in [0.25, 0.3) is 27.8 Å². The molecule has 0 aliphatic carbocycles. The summed E-state index contributed by atoms with van der Waals surface area (Å²) in [5.41, 5.74) is 7.87. The molecule has 0 atom stereocenters. The van der Waals surface area contributed by atoms with Gasteiger partial charge in [0.15, 0.2) is 12.4 Å². The first-order chi connectivity index (χ1) is 16.3. The molecule has 5 nitrogen and oxygen atoms in total. The number of carbonyl (C=O) groups excluding carboxylic acids is 1. The molecule has 5 aromatic rings. The van der Waals surface area contributed by atoms with Gasteiger partial charge in [-0.3, -0.25) is 4.79 Å². The highest BCUT2D eigenvalue weighted by Gasteiger charge is 2.18. The molecular formula is C28H23ClN4O. The molecule has 0 saturated heterocycles. The molecule has 2 aromatic heterocycles. The maximum absolute atomic E-state index is 12.4. The lowest BCUT2D eigenvalue weighted by molar-refractivity contribution is -0.684. The van der Waals surface area contributed by atoms with Gasteiger partial charge in [0, 0.05) is 28.8 Å². The molecule has 0 radical (unpaired) electrons. The number of halogens is 1. The number of nitrogens with zero attached hydrogens (tertiary/aromatic N) is 3. The van der Waals surface area contributed by atoms with Gasteiger partial charge in [-0.2, -0.15) is 9.67 Å². The van der Waals surface area contributed by atoms with E-state index in [0.717, 1.165) is 33.4 Å². The van der Waals surface area contributed by atoms with E-state index in [9.17, 15) is 4.79 Å². The molecule has 0 bridgehead atoms. The second-order valence-corrected chi connectivity index (χ2v) is 7.66. The second kappa shape index (κ2) is 10.6. The van der Waals surface area contributed by atoms with Crippen LogP contribution in [0.1, 0.15) is 5.56 Å². The van der Waals surface area contributed by atoms with Crippen molar-refractivity contribution in [1.29, 1.82) is 0 Å². The molecule has 0 aliphatic heterocycles. The highest BCUT2D eigenvalue weighted by atomic mass is 35.5. The number of hydrazone groups is 1. The third kappa shape index (κ3) is 4.75. The molecule has 2 heterocycles. The minimum Gasteiger partial charge on any atom is -1.00 e. The van der Waals surface area contributed by atoms with Gasteiger partial charge in [-0.15, -0.1) is 0 Å². The van der Waals surface area contributed by atoms with Gasteiger partial charge < -0.3 is 17.0 Å². The average Bonchev–Trinajstić information content (AvgIpc) is 3.20. The van der Waals surface area contributed by atoms with Crippen LogP contribution in [0.2, 0.25) is 0 Å². The minimum atomic E-state index is -0.185. The van der Waals surface area contributed by atoms with Crippen molar-refractivity contribution >= 4 is 23.0 Å². The summed E-state index contributed by atoms with van der Waals surface area (Å²) >= 11 is 0. The standard InChI is InChI=1S/C28H22N4O.ClH/c33-27(21-31-18-10-3-11-19-31)30-29-20-25-24-16-8-9-17-26(24)32(23-14-6-2-7-15-23)28(25)22-12-4-1-5-13-22;/h1-20H,21H2;1H/b29-20+;. The van der Waals surface area contributed by atoms with E-state index in [-0.39, 0.29) is 24.9 Å². The summed E-state index contributed by atoms with van der Waals surface area (Å²) in [4.78, 5) is 12.4. The predicted molar refractivity (Wildman–Crippen MR) is 131 cm³/mol. The van der Waals surface area contributed by atoms with Gasteiger partial charge in [0.1, 0.15) is 0 Å². The Kier molecular flexibility index (Phi) is 7.16. The molecule has 168 valence electrons. The smallest absolute Gasteiger partial charge is 0.305 e. The molecule has 1 amide bonds. The van der Waals surface area contributed by atoms with Crippen LogP contribution < -0.4 is 22.4 Å². The number of pyridine rings is 1. The fraction of sp³-hybridized carbons (Fsp3) is 0.0357. The molecule has 0 aliphatic rings. The molecule has 0 fully saturated rings. The van der Waals surface area contributed by atoms with Crippen LogP contribution in [0.3, 0.4) is 0 Å². The minimum absolute atomic E-state index is 0. The molecule has 34 heavy (non-hydrogen) atoms. The lowest BCUT2D eigenvalue weighted by Crippen LogP contribution is -3.00. The zero-order valence-corrected chi connectivity index (χ0v) is 19.1. The van der Waals surface area contributed by atoms with Crippen molar-refractivity contribution in [3.63, 3.8) is 0 Å². The average molecular weight is 467 g/mol. The predicted octanol–water partition coefficient (Wildman–Crippen LogP) is 1.74. The first kappa shape index (κ1) is 23.0. The van der Waals surface area contributed by atoms with E-state index in [4.69, 9.17) is 0 Å². The quantitative estimate of drug-likeness (QED) is 0.231. The molecule has 5 rings (SSSR count). The van der Waals surface area contributed by atoms with Gasteiger partial charge in [0.25, 0.3) is 0 Å². The molecule has 6 heteroatoms. The number of fused-ring (bicyclic) bond motifs is 1. The third-order valence-corrected chi connectivity index (χ3v) is 5.46. The lowest BCUT2D eigenvalue weighted by atomic mass is 10.1. The Bertz CT molecular complexity index is 1410. The van der Waals surface area contributed by atoms with Crippen molar-refractivity contribution in [2.75, 3.05) is 0 Å². The largest absolute Gasteiger partial charge is 1.00 e. The number of hydrogen-bond donors (Lipinski definition) is 1. The Morgan fingerprint density at radius 2 is 1.44 bits per heavy atom. The monoisotopic (exact) mass is 466 g/mol. The summed E-state index contributed by atoms with van der Waals surface area (Å²) in [6.45, 7) is 0.204. The number of para-hydroxylation sites is 2. The molecular weight excluding hydrogens is 444 g/mol. The molecule has 3 aromatic carbocycles. The van der Waals surface area contributed by atoms with E-state index in [2.05, 4.69) is 51.5 Å². The van der Waals surface area contributed by atoms with Crippen molar-refractivity contribution in [2.45, 2.75) is 6.54 Å². The maximum Gasteiger partial charge on any atom is 0.305 e. The van der Waals surface area contributed by atoms with Crippen molar-refractivity contribution in [3.8, 4) is 16.9 Å². The topological polar surface area (TPSA) is 50.3 Å². The number of hydrogen-bond acceptors (Lipinski definition) is 2. The van der Waals surface area contributed by atoms with E-state index in [1.807, 2.05) is 83.7 Å². The van der Waals surface area contributed by atoms with Crippen LogP contribution in [0.5, 0.6) is 0 Å². The molecule has 0 spiro atoms. The van der Waals surface area contributed by atoms with Crippen LogP contribution in [-0.2, 0) is 11.3 Å². The number of benzene rings is 3. The fourth-order valence-electron chi connectivity index (χ4n) is 4.03. The zero-order valence-electron chi connectivity index (χ0n) is 18.4. The fourth-order valence-corrected chi connectivity index (χ4v) is 4.03. The number of nitrogens with one attached hydrogen (secondary N) is 1. The van der Waals surface area contributed by atoms with Gasteiger partial charge in [-0.25, -0.2) is 5.43 Å². The summed E-state index contributed by atoms with van der Waals surface area (Å²) in [5, 5.41) is 5.40. The number of carbonyl (C=O) groups is 1. The molecule has 0 saturated carbocycles. The number of rotatable bonds is 6. The Hall–Kier alpha value is -4.22. The lowest BCUT2D eigenvalue weighted by Gasteiger charge is -2.12. The Balaban J connectivity index is 0.00000274. The number of amides is 1. The van der Waals surface area contributed by atoms with Gasteiger partial charge in [0.05, 0.1) is 17.4 Å². The van der Waals surface area contributed by atoms with Crippen LogP contribution in [0, 0.1) is 0 Å². The summed E-state index contributed by atoms with van der Waals surface area (Å²) in [6.07, 6.45) is 5.45. The SMILES string of the molecule is O=C(C[n+]1ccccc1)N/N=C/c1c(-c2ccccc2)n(-c2ccccc2)c2ccccc12.[Cl-]. The first-order valence-electron chi connectivity index (χ1n) is 10.8. The van der Waals surface area contributed by atoms with Crippen molar-refractivity contribution in [2.24, 2.45) is 5.10 Å². The second-order valence-electron chi connectivity index (χ2n) is 7.66.